The van der Waals surface area contributed by atoms with Gasteiger partial charge in [-0.15, -0.1) is 0 Å². The lowest BCUT2D eigenvalue weighted by molar-refractivity contribution is 0.0527. The predicted molar refractivity (Wildman–Crippen MR) is 112 cm³/mol. The van der Waals surface area contributed by atoms with E-state index in [-0.39, 0.29) is 5.97 Å². The van der Waals surface area contributed by atoms with Gasteiger partial charge in [0.25, 0.3) is 0 Å². The minimum atomic E-state index is -0.273. The highest BCUT2D eigenvalue weighted by atomic mass is 16.5. The molecule has 0 saturated carbocycles. The van der Waals surface area contributed by atoms with E-state index in [1.807, 2.05) is 62.4 Å². The number of fused-ring (bicyclic) bond motifs is 2. The highest BCUT2D eigenvalue weighted by Crippen LogP contribution is 2.28. The van der Waals surface area contributed by atoms with Gasteiger partial charge in [-0.3, -0.25) is 0 Å². The van der Waals surface area contributed by atoms with Crippen LogP contribution in [0.5, 0.6) is 5.75 Å². The summed E-state index contributed by atoms with van der Waals surface area (Å²) in [6, 6.07) is 22.2. The number of carbonyl (C=O) groups is 1. The molecule has 0 spiro atoms. The third kappa shape index (κ3) is 3.22. The first-order valence-electron chi connectivity index (χ1n) is 9.56. The van der Waals surface area contributed by atoms with Crippen LogP contribution >= 0.6 is 0 Å². The first-order chi connectivity index (χ1) is 13.7. The Morgan fingerprint density at radius 3 is 2.46 bits per heavy atom. The van der Waals surface area contributed by atoms with Gasteiger partial charge in [-0.05, 0) is 31.4 Å². The number of rotatable bonds is 6. The van der Waals surface area contributed by atoms with E-state index in [4.69, 9.17) is 9.47 Å². The number of hydrogen-bond acceptors (Lipinski definition) is 3. The van der Waals surface area contributed by atoms with E-state index in [0.717, 1.165) is 33.1 Å². The summed E-state index contributed by atoms with van der Waals surface area (Å²) in [5.41, 5.74) is 2.56. The Bertz CT molecular complexity index is 1140. The van der Waals surface area contributed by atoms with Crippen molar-refractivity contribution in [2.45, 2.75) is 20.4 Å². The first-order valence-corrected chi connectivity index (χ1v) is 9.56. The van der Waals surface area contributed by atoms with Crippen molar-refractivity contribution in [3.05, 3.63) is 78.0 Å². The van der Waals surface area contributed by atoms with E-state index in [0.29, 0.717) is 25.3 Å². The normalized spacial score (nSPS) is 11.1. The lowest BCUT2D eigenvalue weighted by atomic mass is 10.1. The monoisotopic (exact) mass is 373 g/mol. The van der Waals surface area contributed by atoms with E-state index in [1.54, 1.807) is 0 Å². The molecular formula is C24H23NO3. The van der Waals surface area contributed by atoms with E-state index >= 15 is 0 Å². The smallest absolute Gasteiger partial charge is 0.340 e. The van der Waals surface area contributed by atoms with E-state index < -0.39 is 0 Å². The zero-order valence-electron chi connectivity index (χ0n) is 16.1. The molecule has 0 amide bonds. The fraction of sp³-hybridized carbons (Fsp3) is 0.208. The minimum Gasteiger partial charge on any atom is -0.491 e. The van der Waals surface area contributed by atoms with Gasteiger partial charge >= 0.3 is 5.97 Å². The molecule has 0 bridgehead atoms. The summed E-state index contributed by atoms with van der Waals surface area (Å²) in [4.78, 5) is 12.5. The maximum absolute atomic E-state index is 12.5. The third-order valence-electron chi connectivity index (χ3n) is 5.03. The van der Waals surface area contributed by atoms with Crippen molar-refractivity contribution < 1.29 is 14.3 Å². The molecule has 142 valence electrons. The van der Waals surface area contributed by atoms with Crippen LogP contribution in [0.2, 0.25) is 0 Å². The fourth-order valence-corrected chi connectivity index (χ4v) is 3.75. The van der Waals surface area contributed by atoms with Gasteiger partial charge < -0.3 is 14.0 Å². The van der Waals surface area contributed by atoms with Gasteiger partial charge in [0.15, 0.2) is 0 Å². The summed E-state index contributed by atoms with van der Waals surface area (Å²) in [5.74, 6) is 0.600. The quantitative estimate of drug-likeness (QED) is 0.427. The van der Waals surface area contributed by atoms with Gasteiger partial charge in [-0.1, -0.05) is 54.6 Å². The van der Waals surface area contributed by atoms with Crippen LogP contribution in [0.25, 0.3) is 21.7 Å². The number of hydrogen-bond donors (Lipinski definition) is 0. The number of nitrogens with zero attached hydrogens (tertiary/aromatic N) is 1. The van der Waals surface area contributed by atoms with Crippen molar-refractivity contribution >= 4 is 27.6 Å². The number of carbonyl (C=O) groups excluding carboxylic acids is 1. The maximum atomic E-state index is 12.5. The standard InChI is InChI=1S/C24H23NO3/c1-3-27-24(26)23-17(2)25(21-13-7-6-12-20(21)23)15-16-28-22-14-8-10-18-9-4-5-11-19(18)22/h4-14H,3,15-16H2,1-2H3. The lowest BCUT2D eigenvalue weighted by Gasteiger charge is -2.12. The first kappa shape index (κ1) is 18.1. The molecule has 0 unspecified atom stereocenters. The molecule has 3 aromatic carbocycles. The molecule has 0 N–H and O–H groups in total. The summed E-state index contributed by atoms with van der Waals surface area (Å²) >= 11 is 0. The summed E-state index contributed by atoms with van der Waals surface area (Å²) in [7, 11) is 0. The molecule has 4 aromatic rings. The predicted octanol–water partition coefficient (Wildman–Crippen LogP) is 5.36. The molecule has 4 nitrogen and oxygen atoms in total. The summed E-state index contributed by atoms with van der Waals surface area (Å²) in [6.07, 6.45) is 0. The van der Waals surface area contributed by atoms with Gasteiger partial charge in [0.05, 0.1) is 18.7 Å². The van der Waals surface area contributed by atoms with Crippen LogP contribution in [-0.2, 0) is 11.3 Å². The van der Waals surface area contributed by atoms with Crippen molar-refractivity contribution in [2.75, 3.05) is 13.2 Å². The number of ether oxygens (including phenoxy) is 2. The number of para-hydroxylation sites is 1. The molecule has 28 heavy (non-hydrogen) atoms. The molecule has 4 rings (SSSR count). The molecule has 0 aliphatic rings. The summed E-state index contributed by atoms with van der Waals surface area (Å²) < 4.78 is 13.5. The van der Waals surface area contributed by atoms with Crippen molar-refractivity contribution in [3.63, 3.8) is 0 Å². The second-order valence-corrected chi connectivity index (χ2v) is 6.68. The summed E-state index contributed by atoms with van der Waals surface area (Å²) in [6.45, 7) is 5.31. The second-order valence-electron chi connectivity index (χ2n) is 6.68. The summed E-state index contributed by atoms with van der Waals surface area (Å²) in [5, 5.41) is 3.18. The molecule has 1 heterocycles. The van der Waals surface area contributed by atoms with Crippen LogP contribution in [0.15, 0.2) is 66.7 Å². The van der Waals surface area contributed by atoms with Crippen molar-refractivity contribution in [2.24, 2.45) is 0 Å². The van der Waals surface area contributed by atoms with Crippen LogP contribution in [-0.4, -0.2) is 23.8 Å². The molecular weight excluding hydrogens is 350 g/mol. The second kappa shape index (κ2) is 7.77. The van der Waals surface area contributed by atoms with E-state index in [9.17, 15) is 4.79 Å². The maximum Gasteiger partial charge on any atom is 0.340 e. The van der Waals surface area contributed by atoms with Crippen LogP contribution in [0, 0.1) is 6.92 Å². The topological polar surface area (TPSA) is 40.5 Å². The number of benzene rings is 3. The average Bonchev–Trinajstić information content (AvgIpc) is 3.00. The van der Waals surface area contributed by atoms with Crippen molar-refractivity contribution in [1.82, 2.24) is 4.57 Å². The van der Waals surface area contributed by atoms with Crippen LogP contribution in [0.4, 0.5) is 0 Å². The Kier molecular flexibility index (Phi) is 5.02. The highest BCUT2D eigenvalue weighted by Gasteiger charge is 2.20. The fourth-order valence-electron chi connectivity index (χ4n) is 3.75. The Hall–Kier alpha value is -3.27. The van der Waals surface area contributed by atoms with Crippen LogP contribution in [0.1, 0.15) is 23.0 Å². The Morgan fingerprint density at radius 2 is 1.64 bits per heavy atom. The molecule has 0 aliphatic heterocycles. The zero-order chi connectivity index (χ0) is 19.5. The van der Waals surface area contributed by atoms with Crippen LogP contribution in [0.3, 0.4) is 0 Å². The van der Waals surface area contributed by atoms with Gasteiger partial charge in [0.2, 0.25) is 0 Å². The van der Waals surface area contributed by atoms with Crippen molar-refractivity contribution in [1.29, 1.82) is 0 Å². The molecule has 0 saturated heterocycles. The van der Waals surface area contributed by atoms with E-state index in [1.165, 1.54) is 0 Å². The van der Waals surface area contributed by atoms with Gasteiger partial charge in [-0.2, -0.15) is 0 Å². The van der Waals surface area contributed by atoms with E-state index in [2.05, 4.69) is 22.8 Å². The van der Waals surface area contributed by atoms with Crippen LogP contribution < -0.4 is 4.74 Å². The molecule has 1 aromatic heterocycles. The average molecular weight is 373 g/mol. The Morgan fingerprint density at radius 1 is 0.929 bits per heavy atom. The lowest BCUT2D eigenvalue weighted by Crippen LogP contribution is -2.11. The minimum absolute atomic E-state index is 0.273. The van der Waals surface area contributed by atoms with Crippen molar-refractivity contribution in [3.8, 4) is 5.75 Å². The molecule has 0 radical (unpaired) electrons. The number of aromatic nitrogens is 1. The molecule has 0 atom stereocenters. The van der Waals surface area contributed by atoms with Gasteiger partial charge in [0, 0.05) is 22.0 Å². The third-order valence-corrected chi connectivity index (χ3v) is 5.03. The molecule has 0 fully saturated rings. The number of esters is 1. The largest absolute Gasteiger partial charge is 0.491 e. The zero-order valence-corrected chi connectivity index (χ0v) is 16.1. The highest BCUT2D eigenvalue weighted by molar-refractivity contribution is 6.05. The van der Waals surface area contributed by atoms with Gasteiger partial charge in [-0.25, -0.2) is 4.79 Å². The molecule has 0 aliphatic carbocycles. The van der Waals surface area contributed by atoms with Gasteiger partial charge in [0.1, 0.15) is 12.4 Å². The molecule has 4 heteroatoms. The Labute approximate surface area is 164 Å². The Balaban J connectivity index is 1.61. The SMILES string of the molecule is CCOC(=O)c1c(C)n(CCOc2cccc3ccccc23)c2ccccc12.